The van der Waals surface area contributed by atoms with Crippen LogP contribution in [0.3, 0.4) is 0 Å². The zero-order valence-electron chi connectivity index (χ0n) is 15.4. The Bertz CT molecular complexity index is 725. The maximum absolute atomic E-state index is 5.33. The standard InChI is InChI=1S/C18H24N4O3.HI/c1-5-19-18(21-12-13-8-9-20-17(10-13)25-4)22-14-6-7-15(23-2)16(11-14)24-3;/h6-11H,5,12H2,1-4H3,(H2,19,21,22);1H. The fraction of sp³-hybridized carbons (Fsp3) is 0.333. The fourth-order valence-corrected chi connectivity index (χ4v) is 2.19. The van der Waals surface area contributed by atoms with E-state index in [1.54, 1.807) is 27.5 Å². The molecule has 2 rings (SSSR count). The predicted molar refractivity (Wildman–Crippen MR) is 114 cm³/mol. The molecule has 8 heteroatoms. The summed E-state index contributed by atoms with van der Waals surface area (Å²) in [6.07, 6.45) is 1.71. The Hall–Kier alpha value is -2.23. The molecule has 2 N–H and O–H groups in total. The van der Waals surface area contributed by atoms with E-state index in [0.29, 0.717) is 29.9 Å². The van der Waals surface area contributed by atoms with Crippen molar-refractivity contribution in [2.45, 2.75) is 13.5 Å². The molecule has 142 valence electrons. The van der Waals surface area contributed by atoms with E-state index >= 15 is 0 Å². The molecule has 0 aliphatic rings. The number of methoxy groups -OCH3 is 3. The summed E-state index contributed by atoms with van der Waals surface area (Å²) >= 11 is 0. The number of anilines is 1. The summed E-state index contributed by atoms with van der Waals surface area (Å²) in [5, 5.41) is 6.48. The molecule has 0 amide bonds. The third-order valence-electron chi connectivity index (χ3n) is 3.42. The van der Waals surface area contributed by atoms with Crippen molar-refractivity contribution in [3.05, 3.63) is 42.1 Å². The van der Waals surface area contributed by atoms with E-state index in [0.717, 1.165) is 17.8 Å². The zero-order valence-corrected chi connectivity index (χ0v) is 17.7. The van der Waals surface area contributed by atoms with Crippen LogP contribution in [-0.4, -0.2) is 38.8 Å². The number of ether oxygens (including phenoxy) is 3. The van der Waals surface area contributed by atoms with Gasteiger partial charge in [0.05, 0.1) is 27.9 Å². The molecule has 7 nitrogen and oxygen atoms in total. The summed E-state index contributed by atoms with van der Waals surface area (Å²) in [6, 6.07) is 9.39. The van der Waals surface area contributed by atoms with Crippen molar-refractivity contribution in [1.29, 1.82) is 0 Å². The molecule has 0 atom stereocenters. The molecule has 1 aromatic carbocycles. The van der Waals surface area contributed by atoms with Crippen LogP contribution >= 0.6 is 24.0 Å². The molecule has 1 heterocycles. The van der Waals surface area contributed by atoms with Crippen molar-refractivity contribution < 1.29 is 14.2 Å². The Morgan fingerprint density at radius 3 is 2.46 bits per heavy atom. The van der Waals surface area contributed by atoms with Gasteiger partial charge in [-0.05, 0) is 30.7 Å². The minimum absolute atomic E-state index is 0. The van der Waals surface area contributed by atoms with Gasteiger partial charge in [0, 0.05) is 30.6 Å². The monoisotopic (exact) mass is 472 g/mol. The SMILES string of the molecule is CCNC(=NCc1ccnc(OC)c1)Nc1ccc(OC)c(OC)c1.I. The van der Waals surface area contributed by atoms with Gasteiger partial charge >= 0.3 is 0 Å². The highest BCUT2D eigenvalue weighted by Crippen LogP contribution is 2.29. The van der Waals surface area contributed by atoms with Crippen molar-refractivity contribution >= 4 is 35.6 Å². The molecule has 26 heavy (non-hydrogen) atoms. The maximum atomic E-state index is 5.33. The smallest absolute Gasteiger partial charge is 0.213 e. The van der Waals surface area contributed by atoms with Crippen molar-refractivity contribution in [3.63, 3.8) is 0 Å². The highest BCUT2D eigenvalue weighted by atomic mass is 127. The predicted octanol–water partition coefficient (Wildman–Crippen LogP) is 3.30. The van der Waals surface area contributed by atoms with Crippen LogP contribution in [0.25, 0.3) is 0 Å². The first kappa shape index (κ1) is 21.8. The van der Waals surface area contributed by atoms with Crippen molar-refractivity contribution in [1.82, 2.24) is 10.3 Å². The zero-order chi connectivity index (χ0) is 18.1. The Balaban J connectivity index is 0.00000338. The van der Waals surface area contributed by atoms with Crippen LogP contribution in [0.1, 0.15) is 12.5 Å². The number of halogens is 1. The van der Waals surface area contributed by atoms with E-state index in [1.165, 1.54) is 0 Å². The van der Waals surface area contributed by atoms with Gasteiger partial charge in [-0.1, -0.05) is 0 Å². The minimum Gasteiger partial charge on any atom is -0.493 e. The number of aromatic nitrogens is 1. The summed E-state index contributed by atoms with van der Waals surface area (Å²) < 4.78 is 15.7. The van der Waals surface area contributed by atoms with Crippen molar-refractivity contribution in [3.8, 4) is 17.4 Å². The lowest BCUT2D eigenvalue weighted by atomic mass is 10.2. The molecular formula is C18H25IN4O3. The van der Waals surface area contributed by atoms with E-state index < -0.39 is 0 Å². The molecule has 0 unspecified atom stereocenters. The first-order valence-corrected chi connectivity index (χ1v) is 7.96. The lowest BCUT2D eigenvalue weighted by Crippen LogP contribution is -2.30. The fourth-order valence-electron chi connectivity index (χ4n) is 2.19. The highest BCUT2D eigenvalue weighted by Gasteiger charge is 2.06. The quantitative estimate of drug-likeness (QED) is 0.366. The molecule has 0 saturated carbocycles. The molecular weight excluding hydrogens is 447 g/mol. The number of nitrogens with zero attached hydrogens (tertiary/aromatic N) is 2. The third-order valence-corrected chi connectivity index (χ3v) is 3.42. The molecule has 0 aliphatic heterocycles. The van der Waals surface area contributed by atoms with Crippen LogP contribution in [0, 0.1) is 0 Å². The number of hydrogen-bond donors (Lipinski definition) is 2. The second-order valence-corrected chi connectivity index (χ2v) is 5.10. The van der Waals surface area contributed by atoms with Crippen LogP contribution in [0.5, 0.6) is 17.4 Å². The minimum atomic E-state index is 0. The first-order chi connectivity index (χ1) is 12.2. The van der Waals surface area contributed by atoms with Gasteiger partial charge in [0.1, 0.15) is 0 Å². The van der Waals surface area contributed by atoms with Gasteiger partial charge in [-0.15, -0.1) is 24.0 Å². The second kappa shape index (κ2) is 11.4. The normalized spacial score (nSPS) is 10.5. The number of hydrogen-bond acceptors (Lipinski definition) is 5. The summed E-state index contributed by atoms with van der Waals surface area (Å²) in [5.74, 6) is 2.58. The van der Waals surface area contributed by atoms with Gasteiger partial charge in [-0.25, -0.2) is 9.98 Å². The summed E-state index contributed by atoms with van der Waals surface area (Å²) in [6.45, 7) is 3.27. The van der Waals surface area contributed by atoms with Gasteiger partial charge < -0.3 is 24.8 Å². The lowest BCUT2D eigenvalue weighted by molar-refractivity contribution is 0.355. The van der Waals surface area contributed by atoms with Gasteiger partial charge in [-0.3, -0.25) is 0 Å². The molecule has 0 radical (unpaired) electrons. The number of guanidine groups is 1. The molecule has 0 spiro atoms. The molecule has 1 aromatic heterocycles. The molecule has 0 fully saturated rings. The number of aliphatic imine (C=N–C) groups is 1. The Kier molecular flexibility index (Phi) is 9.56. The summed E-state index contributed by atoms with van der Waals surface area (Å²) in [7, 11) is 4.81. The number of benzene rings is 1. The van der Waals surface area contributed by atoms with Gasteiger partial charge in [0.2, 0.25) is 5.88 Å². The maximum Gasteiger partial charge on any atom is 0.213 e. The highest BCUT2D eigenvalue weighted by molar-refractivity contribution is 14.0. The van der Waals surface area contributed by atoms with Crippen LogP contribution in [-0.2, 0) is 6.54 Å². The van der Waals surface area contributed by atoms with Crippen molar-refractivity contribution in [2.75, 3.05) is 33.2 Å². The number of rotatable bonds is 7. The molecule has 0 saturated heterocycles. The van der Waals surface area contributed by atoms with Gasteiger partial charge in [0.25, 0.3) is 0 Å². The summed E-state index contributed by atoms with van der Waals surface area (Å²) in [4.78, 5) is 8.69. The van der Waals surface area contributed by atoms with Gasteiger partial charge in [0.15, 0.2) is 17.5 Å². The Morgan fingerprint density at radius 1 is 1.04 bits per heavy atom. The van der Waals surface area contributed by atoms with Crippen LogP contribution < -0.4 is 24.8 Å². The van der Waals surface area contributed by atoms with E-state index in [9.17, 15) is 0 Å². The summed E-state index contributed by atoms with van der Waals surface area (Å²) in [5.41, 5.74) is 1.86. The molecule has 2 aromatic rings. The molecule has 0 aliphatic carbocycles. The number of nitrogens with one attached hydrogen (secondary N) is 2. The van der Waals surface area contributed by atoms with Crippen molar-refractivity contribution in [2.24, 2.45) is 4.99 Å². The number of pyridine rings is 1. The average Bonchev–Trinajstić information content (AvgIpc) is 2.66. The van der Waals surface area contributed by atoms with E-state index in [1.807, 2.05) is 37.3 Å². The van der Waals surface area contributed by atoms with E-state index in [4.69, 9.17) is 14.2 Å². The second-order valence-electron chi connectivity index (χ2n) is 5.10. The van der Waals surface area contributed by atoms with Gasteiger partial charge in [-0.2, -0.15) is 0 Å². The molecule has 0 bridgehead atoms. The van der Waals surface area contributed by atoms with Crippen LogP contribution in [0.4, 0.5) is 5.69 Å². The Morgan fingerprint density at radius 2 is 1.81 bits per heavy atom. The average molecular weight is 472 g/mol. The van der Waals surface area contributed by atoms with Crippen LogP contribution in [0.15, 0.2) is 41.5 Å². The van der Waals surface area contributed by atoms with E-state index in [2.05, 4.69) is 20.6 Å². The largest absolute Gasteiger partial charge is 0.493 e. The van der Waals surface area contributed by atoms with Crippen LogP contribution in [0.2, 0.25) is 0 Å². The Labute approximate surface area is 171 Å². The lowest BCUT2D eigenvalue weighted by Gasteiger charge is -2.14. The van der Waals surface area contributed by atoms with E-state index in [-0.39, 0.29) is 24.0 Å². The third kappa shape index (κ3) is 6.25. The topological polar surface area (TPSA) is 77.0 Å². The first-order valence-electron chi connectivity index (χ1n) is 7.96.